The summed E-state index contributed by atoms with van der Waals surface area (Å²) in [6.07, 6.45) is 0. The normalized spacial score (nSPS) is 9.64. The van der Waals surface area contributed by atoms with E-state index >= 15 is 0 Å². The first-order chi connectivity index (χ1) is 11.9. The lowest BCUT2D eigenvalue weighted by atomic mass is 10.1. The Bertz CT molecular complexity index is 865. The number of amides is 1. The van der Waals surface area contributed by atoms with E-state index in [9.17, 15) is 14.4 Å². The van der Waals surface area contributed by atoms with Gasteiger partial charge in [-0.2, -0.15) is 0 Å². The first-order valence-corrected chi connectivity index (χ1v) is 8.38. The molecule has 1 amide bonds. The van der Waals surface area contributed by atoms with E-state index in [0.717, 1.165) is 0 Å². The third kappa shape index (κ3) is 5.29. The lowest BCUT2D eigenvalue weighted by Gasteiger charge is -2.02. The monoisotopic (exact) mass is 450 g/mol. The van der Waals surface area contributed by atoms with E-state index in [0.29, 0.717) is 15.7 Å². The topological polar surface area (TPSA) is 117 Å². The number of aromatic carboxylic acids is 2. The van der Waals surface area contributed by atoms with Crippen molar-refractivity contribution in [2.45, 2.75) is 0 Å². The molecule has 0 saturated carbocycles. The third-order valence-electron chi connectivity index (χ3n) is 2.90. The van der Waals surface area contributed by atoms with Gasteiger partial charge in [-0.1, -0.05) is 34.4 Å². The number of rotatable bonds is 4. The van der Waals surface area contributed by atoms with Gasteiger partial charge in [0.05, 0.1) is 4.43 Å². The Morgan fingerprint density at radius 3 is 1.96 bits per heavy atom. The minimum Gasteiger partial charge on any atom is -0.477 e. The minimum atomic E-state index is -1.33. The van der Waals surface area contributed by atoms with Crippen molar-refractivity contribution in [1.29, 1.82) is 0 Å². The van der Waals surface area contributed by atoms with E-state index in [-0.39, 0.29) is 22.9 Å². The number of nitrogens with zero attached hydrogens (tertiary/aromatic N) is 1. The van der Waals surface area contributed by atoms with Gasteiger partial charge >= 0.3 is 11.9 Å². The highest BCUT2D eigenvalue weighted by Gasteiger charge is 2.12. The number of aromatic nitrogens is 1. The first kappa shape index (κ1) is 18.4. The molecule has 2 rings (SSSR count). The van der Waals surface area contributed by atoms with E-state index in [2.05, 4.69) is 22.1 Å². The van der Waals surface area contributed by atoms with Crippen LogP contribution >= 0.6 is 22.6 Å². The Balaban J connectivity index is 2.27. The van der Waals surface area contributed by atoms with Crippen molar-refractivity contribution in [1.82, 2.24) is 4.98 Å². The summed E-state index contributed by atoms with van der Waals surface area (Å²) in [7, 11) is 0. The number of hydrogen-bond donors (Lipinski definition) is 3. The van der Waals surface area contributed by atoms with E-state index in [1.165, 1.54) is 12.1 Å². The van der Waals surface area contributed by atoms with Gasteiger partial charge in [-0.25, -0.2) is 14.6 Å². The highest BCUT2D eigenvalue weighted by Crippen LogP contribution is 2.10. The molecule has 0 radical (unpaired) electrons. The maximum absolute atomic E-state index is 11.3. The van der Waals surface area contributed by atoms with Crippen molar-refractivity contribution in [3.8, 4) is 11.8 Å². The summed E-state index contributed by atoms with van der Waals surface area (Å²) in [5.74, 6) is 2.75. The molecule has 0 spiro atoms. The van der Waals surface area contributed by atoms with Gasteiger partial charge in [0.1, 0.15) is 11.4 Å². The molecule has 0 bridgehead atoms. The first-order valence-electron chi connectivity index (χ1n) is 6.85. The summed E-state index contributed by atoms with van der Waals surface area (Å²) < 4.78 is 0.346. The SMILES string of the molecule is O=C(CI)Nc1ccc(C#Cc2cc(C(=O)O)nc(C(=O)O)c2)cc1. The summed E-state index contributed by atoms with van der Waals surface area (Å²) in [6, 6.07) is 9.16. The molecule has 1 heterocycles. The second-order valence-electron chi connectivity index (χ2n) is 4.75. The molecule has 0 aliphatic heterocycles. The summed E-state index contributed by atoms with van der Waals surface area (Å²) >= 11 is 1.96. The average molecular weight is 450 g/mol. The van der Waals surface area contributed by atoms with E-state index in [1.54, 1.807) is 24.3 Å². The van der Waals surface area contributed by atoms with E-state index in [4.69, 9.17) is 10.2 Å². The van der Waals surface area contributed by atoms with Crippen LogP contribution < -0.4 is 5.32 Å². The number of pyridine rings is 1. The van der Waals surface area contributed by atoms with Gasteiger partial charge in [0.2, 0.25) is 5.91 Å². The highest BCUT2D eigenvalue weighted by atomic mass is 127. The maximum atomic E-state index is 11.3. The zero-order valence-electron chi connectivity index (χ0n) is 12.6. The molecular weight excluding hydrogens is 439 g/mol. The fraction of sp³-hybridized carbons (Fsp3) is 0.0588. The second kappa shape index (κ2) is 8.25. The molecule has 1 aromatic heterocycles. The standard InChI is InChI=1S/C17H11IN2O5/c18-9-15(21)19-12-5-3-10(4-6-12)1-2-11-7-13(16(22)23)20-14(8-11)17(24)25/h3-8H,9H2,(H,19,21)(H,22,23)(H,24,25). The third-order valence-corrected chi connectivity index (χ3v) is 3.60. The Labute approximate surface area is 156 Å². The van der Waals surface area contributed by atoms with Crippen LogP contribution in [0.5, 0.6) is 0 Å². The van der Waals surface area contributed by atoms with Crippen LogP contribution in [0.2, 0.25) is 0 Å². The fourth-order valence-electron chi connectivity index (χ4n) is 1.80. The van der Waals surface area contributed by atoms with Crippen LogP contribution in [0.1, 0.15) is 32.1 Å². The van der Waals surface area contributed by atoms with Gasteiger partial charge < -0.3 is 15.5 Å². The number of carboxylic acids is 2. The van der Waals surface area contributed by atoms with Gasteiger partial charge in [-0.15, -0.1) is 0 Å². The molecule has 0 aliphatic carbocycles. The number of halogens is 1. The molecule has 0 aliphatic rings. The van der Waals surface area contributed by atoms with Crippen molar-refractivity contribution in [3.63, 3.8) is 0 Å². The van der Waals surface area contributed by atoms with Crippen molar-refractivity contribution in [3.05, 3.63) is 58.9 Å². The van der Waals surface area contributed by atoms with Crippen molar-refractivity contribution >= 4 is 46.1 Å². The predicted molar refractivity (Wildman–Crippen MR) is 98.1 cm³/mol. The molecule has 0 saturated heterocycles. The molecule has 8 heteroatoms. The number of carboxylic acid groups (broad SMARTS) is 2. The van der Waals surface area contributed by atoms with Crippen LogP contribution in [-0.4, -0.2) is 37.5 Å². The molecule has 0 unspecified atom stereocenters. The number of carbonyl (C=O) groups is 3. The molecule has 2 aromatic rings. The molecule has 1 aromatic carbocycles. The number of alkyl halides is 1. The van der Waals surface area contributed by atoms with Crippen LogP contribution in [0.25, 0.3) is 0 Å². The summed E-state index contributed by atoms with van der Waals surface area (Å²) in [5.41, 5.74) is 0.713. The largest absolute Gasteiger partial charge is 0.477 e. The lowest BCUT2D eigenvalue weighted by Crippen LogP contribution is -2.11. The number of carbonyl (C=O) groups excluding carboxylic acids is 1. The molecule has 0 fully saturated rings. The second-order valence-corrected chi connectivity index (χ2v) is 5.51. The van der Waals surface area contributed by atoms with Gasteiger partial charge in [0, 0.05) is 16.8 Å². The van der Waals surface area contributed by atoms with E-state index in [1.807, 2.05) is 22.6 Å². The van der Waals surface area contributed by atoms with Gasteiger partial charge in [-0.05, 0) is 36.4 Å². The van der Waals surface area contributed by atoms with Gasteiger partial charge in [-0.3, -0.25) is 4.79 Å². The maximum Gasteiger partial charge on any atom is 0.354 e. The Morgan fingerprint density at radius 2 is 1.48 bits per heavy atom. The molecule has 7 nitrogen and oxygen atoms in total. The smallest absolute Gasteiger partial charge is 0.354 e. The molecule has 3 N–H and O–H groups in total. The Kier molecular flexibility index (Phi) is 6.08. The number of nitrogens with one attached hydrogen (secondary N) is 1. The summed E-state index contributed by atoms with van der Waals surface area (Å²) in [5, 5.41) is 20.7. The quantitative estimate of drug-likeness (QED) is 0.374. The minimum absolute atomic E-state index is 0.112. The Morgan fingerprint density at radius 1 is 0.960 bits per heavy atom. The molecule has 25 heavy (non-hydrogen) atoms. The van der Waals surface area contributed by atoms with Crippen molar-refractivity contribution in [2.24, 2.45) is 0 Å². The number of benzene rings is 1. The summed E-state index contributed by atoms with van der Waals surface area (Å²) in [6.45, 7) is 0. The predicted octanol–water partition coefficient (Wildman–Crippen LogP) is 2.25. The van der Waals surface area contributed by atoms with E-state index < -0.39 is 11.9 Å². The number of hydrogen-bond acceptors (Lipinski definition) is 4. The van der Waals surface area contributed by atoms with Crippen molar-refractivity contribution in [2.75, 3.05) is 9.74 Å². The molecular formula is C17H11IN2O5. The lowest BCUT2D eigenvalue weighted by molar-refractivity contribution is -0.113. The van der Waals surface area contributed by atoms with Crippen molar-refractivity contribution < 1.29 is 24.6 Å². The van der Waals surface area contributed by atoms with Crippen LogP contribution in [0.3, 0.4) is 0 Å². The summed E-state index contributed by atoms with van der Waals surface area (Å²) in [4.78, 5) is 36.9. The molecule has 126 valence electrons. The zero-order chi connectivity index (χ0) is 18.4. The van der Waals surface area contributed by atoms with Gasteiger partial charge in [0.25, 0.3) is 0 Å². The average Bonchev–Trinajstić information content (AvgIpc) is 2.60. The highest BCUT2D eigenvalue weighted by molar-refractivity contribution is 14.1. The Hall–Kier alpha value is -2.93. The number of anilines is 1. The van der Waals surface area contributed by atoms with Crippen LogP contribution in [-0.2, 0) is 4.79 Å². The van der Waals surface area contributed by atoms with Crippen LogP contribution in [0, 0.1) is 11.8 Å². The fourth-order valence-corrected chi connectivity index (χ4v) is 1.99. The van der Waals surface area contributed by atoms with Gasteiger partial charge in [0.15, 0.2) is 0 Å². The zero-order valence-corrected chi connectivity index (χ0v) is 14.8. The van der Waals surface area contributed by atoms with Crippen LogP contribution in [0.4, 0.5) is 5.69 Å². The molecule has 0 atom stereocenters. The van der Waals surface area contributed by atoms with Crippen LogP contribution in [0.15, 0.2) is 36.4 Å².